The van der Waals surface area contributed by atoms with Crippen molar-refractivity contribution in [1.29, 1.82) is 0 Å². The zero-order chi connectivity index (χ0) is 18.0. The van der Waals surface area contributed by atoms with E-state index < -0.39 is 11.7 Å². The van der Waals surface area contributed by atoms with Gasteiger partial charge in [-0.25, -0.2) is 4.79 Å². The smallest absolute Gasteiger partial charge is 0.410 e. The standard InChI is InChI=1S/C19H26N2O3S/c1-19(2,3)24-18(23)21-9-8-20-12-15(21)16(22)11-14-10-13-6-4-5-7-17(13)25-14/h4-7,10,15-16,20,22H,8-9,11-12H2,1-3H3. The van der Waals surface area contributed by atoms with Crippen LogP contribution in [0.15, 0.2) is 30.3 Å². The van der Waals surface area contributed by atoms with Crippen molar-refractivity contribution in [2.45, 2.75) is 44.9 Å². The summed E-state index contributed by atoms with van der Waals surface area (Å²) in [5, 5.41) is 15.3. The number of piperazine rings is 1. The van der Waals surface area contributed by atoms with Crippen LogP contribution in [0, 0.1) is 0 Å². The number of aliphatic hydroxyl groups excluding tert-OH is 1. The van der Waals surface area contributed by atoms with Crippen molar-refractivity contribution in [1.82, 2.24) is 10.2 Å². The van der Waals surface area contributed by atoms with Crippen molar-refractivity contribution in [2.24, 2.45) is 0 Å². The summed E-state index contributed by atoms with van der Waals surface area (Å²) in [7, 11) is 0. The number of nitrogens with zero attached hydrogens (tertiary/aromatic N) is 1. The molecule has 2 unspecified atom stereocenters. The van der Waals surface area contributed by atoms with Gasteiger partial charge in [-0.3, -0.25) is 0 Å². The van der Waals surface area contributed by atoms with E-state index in [1.54, 1.807) is 16.2 Å². The number of hydrogen-bond acceptors (Lipinski definition) is 5. The Morgan fingerprint density at radius 2 is 2.20 bits per heavy atom. The van der Waals surface area contributed by atoms with Gasteiger partial charge in [0.05, 0.1) is 12.1 Å². The Morgan fingerprint density at radius 3 is 2.92 bits per heavy atom. The summed E-state index contributed by atoms with van der Waals surface area (Å²) in [6, 6.07) is 10.0. The fourth-order valence-electron chi connectivity index (χ4n) is 3.10. The largest absolute Gasteiger partial charge is 0.444 e. The molecule has 1 amide bonds. The van der Waals surface area contributed by atoms with Gasteiger partial charge in [0.25, 0.3) is 0 Å². The Bertz CT molecular complexity index is 705. The summed E-state index contributed by atoms with van der Waals surface area (Å²) < 4.78 is 6.72. The number of fused-ring (bicyclic) bond motifs is 1. The topological polar surface area (TPSA) is 61.8 Å². The predicted molar refractivity (Wildman–Crippen MR) is 101 cm³/mol. The fourth-order valence-corrected chi connectivity index (χ4v) is 4.21. The molecule has 0 radical (unpaired) electrons. The maximum atomic E-state index is 12.5. The Balaban J connectivity index is 1.71. The van der Waals surface area contributed by atoms with Crippen LogP contribution in [0.2, 0.25) is 0 Å². The molecule has 0 saturated carbocycles. The molecule has 3 rings (SSSR count). The lowest BCUT2D eigenvalue weighted by Gasteiger charge is -2.39. The summed E-state index contributed by atoms with van der Waals surface area (Å²) in [4.78, 5) is 15.3. The highest BCUT2D eigenvalue weighted by molar-refractivity contribution is 7.19. The first-order chi connectivity index (χ1) is 11.8. The van der Waals surface area contributed by atoms with E-state index in [4.69, 9.17) is 4.74 Å². The third kappa shape index (κ3) is 4.51. The number of benzene rings is 1. The van der Waals surface area contributed by atoms with Gasteiger partial charge >= 0.3 is 6.09 Å². The molecule has 0 spiro atoms. The summed E-state index contributed by atoms with van der Waals surface area (Å²) in [6.45, 7) is 7.40. The molecule has 1 aromatic heterocycles. The lowest BCUT2D eigenvalue weighted by molar-refractivity contribution is -0.0119. The Labute approximate surface area is 152 Å². The van der Waals surface area contributed by atoms with Gasteiger partial charge in [0, 0.05) is 35.6 Å². The van der Waals surface area contributed by atoms with Crippen LogP contribution in [0.25, 0.3) is 10.1 Å². The van der Waals surface area contributed by atoms with E-state index in [9.17, 15) is 9.90 Å². The number of carbonyl (C=O) groups excluding carboxylic acids is 1. The van der Waals surface area contributed by atoms with Crippen molar-refractivity contribution in [3.05, 3.63) is 35.2 Å². The average Bonchev–Trinajstić information content (AvgIpc) is 2.95. The van der Waals surface area contributed by atoms with Crippen molar-refractivity contribution < 1.29 is 14.6 Å². The van der Waals surface area contributed by atoms with E-state index in [-0.39, 0.29) is 12.1 Å². The number of hydrogen-bond donors (Lipinski definition) is 2. The second-order valence-electron chi connectivity index (χ2n) is 7.47. The van der Waals surface area contributed by atoms with Crippen LogP contribution in [-0.2, 0) is 11.2 Å². The molecular formula is C19H26N2O3S. The molecule has 136 valence electrons. The number of thiophene rings is 1. The molecule has 1 aliphatic rings. The normalized spacial score (nSPS) is 19.8. The van der Waals surface area contributed by atoms with E-state index in [1.165, 1.54) is 10.1 Å². The second-order valence-corrected chi connectivity index (χ2v) is 8.64. The SMILES string of the molecule is CC(C)(C)OC(=O)N1CCNCC1C(O)Cc1cc2ccccc2s1. The van der Waals surface area contributed by atoms with Gasteiger partial charge in [0.1, 0.15) is 5.60 Å². The second kappa shape index (κ2) is 7.32. The van der Waals surface area contributed by atoms with E-state index in [2.05, 4.69) is 23.5 Å². The molecular weight excluding hydrogens is 336 g/mol. The molecule has 1 aromatic carbocycles. The predicted octanol–water partition coefficient (Wildman–Crippen LogP) is 3.01. The zero-order valence-electron chi connectivity index (χ0n) is 15.0. The van der Waals surface area contributed by atoms with Crippen LogP contribution in [0.1, 0.15) is 25.6 Å². The van der Waals surface area contributed by atoms with E-state index in [0.29, 0.717) is 26.1 Å². The van der Waals surface area contributed by atoms with Gasteiger partial charge in [-0.05, 0) is 38.3 Å². The molecule has 1 saturated heterocycles. The number of aliphatic hydroxyl groups is 1. The minimum Gasteiger partial charge on any atom is -0.444 e. The molecule has 25 heavy (non-hydrogen) atoms. The molecule has 2 N–H and O–H groups in total. The van der Waals surface area contributed by atoms with Gasteiger partial charge in [-0.1, -0.05) is 18.2 Å². The molecule has 6 heteroatoms. The van der Waals surface area contributed by atoms with Crippen molar-refractivity contribution in [2.75, 3.05) is 19.6 Å². The Hall–Kier alpha value is -1.63. The monoisotopic (exact) mass is 362 g/mol. The Morgan fingerprint density at radius 1 is 1.44 bits per heavy atom. The summed E-state index contributed by atoms with van der Waals surface area (Å²) in [5.74, 6) is 0. The maximum absolute atomic E-state index is 12.5. The van der Waals surface area contributed by atoms with Crippen LogP contribution in [0.4, 0.5) is 4.79 Å². The highest BCUT2D eigenvalue weighted by Crippen LogP contribution is 2.27. The number of nitrogens with one attached hydrogen (secondary N) is 1. The lowest BCUT2D eigenvalue weighted by atomic mass is 10.0. The van der Waals surface area contributed by atoms with Crippen molar-refractivity contribution in [3.8, 4) is 0 Å². The van der Waals surface area contributed by atoms with Gasteiger partial charge < -0.3 is 20.1 Å². The number of carbonyl (C=O) groups is 1. The summed E-state index contributed by atoms with van der Waals surface area (Å²) in [6.07, 6.45) is -0.451. The van der Waals surface area contributed by atoms with Gasteiger partial charge in [-0.15, -0.1) is 11.3 Å². The molecule has 2 aromatic rings. The fraction of sp³-hybridized carbons (Fsp3) is 0.526. The van der Waals surface area contributed by atoms with Crippen LogP contribution in [-0.4, -0.2) is 53.5 Å². The maximum Gasteiger partial charge on any atom is 0.410 e. The molecule has 2 heterocycles. The number of amides is 1. The first-order valence-corrected chi connectivity index (χ1v) is 9.51. The molecule has 0 bridgehead atoms. The third-order valence-corrected chi connectivity index (χ3v) is 5.38. The highest BCUT2D eigenvalue weighted by atomic mass is 32.1. The first-order valence-electron chi connectivity index (χ1n) is 8.69. The zero-order valence-corrected chi connectivity index (χ0v) is 15.8. The minimum atomic E-state index is -0.631. The highest BCUT2D eigenvalue weighted by Gasteiger charge is 2.34. The molecule has 1 fully saturated rings. The van der Waals surface area contributed by atoms with Gasteiger partial charge in [-0.2, -0.15) is 0 Å². The van der Waals surface area contributed by atoms with Crippen LogP contribution in [0.3, 0.4) is 0 Å². The third-order valence-electron chi connectivity index (χ3n) is 4.24. The van der Waals surface area contributed by atoms with Crippen LogP contribution in [0.5, 0.6) is 0 Å². The molecule has 1 aliphatic heterocycles. The van der Waals surface area contributed by atoms with E-state index in [1.807, 2.05) is 32.9 Å². The van der Waals surface area contributed by atoms with Crippen molar-refractivity contribution in [3.63, 3.8) is 0 Å². The van der Waals surface area contributed by atoms with Gasteiger partial charge in [0.2, 0.25) is 0 Å². The lowest BCUT2D eigenvalue weighted by Crippen LogP contribution is -2.59. The van der Waals surface area contributed by atoms with E-state index in [0.717, 1.165) is 4.88 Å². The van der Waals surface area contributed by atoms with Gasteiger partial charge in [0.15, 0.2) is 0 Å². The number of ether oxygens (including phenoxy) is 1. The summed E-state index contributed by atoms with van der Waals surface area (Å²) in [5.41, 5.74) is -0.539. The quantitative estimate of drug-likeness (QED) is 0.881. The first kappa shape index (κ1) is 18.2. The molecule has 5 nitrogen and oxygen atoms in total. The average molecular weight is 362 g/mol. The molecule has 0 aliphatic carbocycles. The van der Waals surface area contributed by atoms with Crippen LogP contribution < -0.4 is 5.32 Å². The van der Waals surface area contributed by atoms with Crippen molar-refractivity contribution >= 4 is 27.5 Å². The number of rotatable bonds is 3. The Kier molecular flexibility index (Phi) is 5.32. The summed E-state index contributed by atoms with van der Waals surface area (Å²) >= 11 is 1.69. The van der Waals surface area contributed by atoms with E-state index >= 15 is 0 Å². The van der Waals surface area contributed by atoms with Crippen LogP contribution >= 0.6 is 11.3 Å². The molecule has 2 atom stereocenters. The minimum absolute atomic E-state index is 0.284.